The Kier molecular flexibility index (Phi) is 9.03. The Bertz CT molecular complexity index is 279. The summed E-state index contributed by atoms with van der Waals surface area (Å²) in [5, 5.41) is 9.42. The van der Waals surface area contributed by atoms with Crippen molar-refractivity contribution in [3.05, 3.63) is 0 Å². The van der Waals surface area contributed by atoms with E-state index in [1.165, 1.54) is 70.6 Å². The van der Waals surface area contributed by atoms with Crippen LogP contribution in [0.2, 0.25) is 0 Å². The highest BCUT2D eigenvalue weighted by atomic mass is 16.4. The van der Waals surface area contributed by atoms with Gasteiger partial charge in [0, 0.05) is 0 Å². The van der Waals surface area contributed by atoms with E-state index < -0.39 is 5.97 Å². The fourth-order valence-corrected chi connectivity index (χ4v) is 4.03. The summed E-state index contributed by atoms with van der Waals surface area (Å²) in [7, 11) is 0. The number of carboxylic acid groups (broad SMARTS) is 1. The molecule has 1 unspecified atom stereocenters. The predicted molar refractivity (Wildman–Crippen MR) is 89.5 cm³/mol. The van der Waals surface area contributed by atoms with E-state index in [-0.39, 0.29) is 11.3 Å². The Balaban J connectivity index is 2.26. The van der Waals surface area contributed by atoms with Crippen molar-refractivity contribution in [2.75, 3.05) is 0 Å². The minimum absolute atomic E-state index is 0.103. The van der Waals surface area contributed by atoms with Crippen LogP contribution in [-0.4, -0.2) is 11.1 Å². The van der Waals surface area contributed by atoms with Gasteiger partial charge >= 0.3 is 5.97 Å². The van der Waals surface area contributed by atoms with Crippen LogP contribution in [0.3, 0.4) is 0 Å². The highest BCUT2D eigenvalue weighted by Gasteiger charge is 2.40. The lowest BCUT2D eigenvalue weighted by Crippen LogP contribution is -2.36. The fourth-order valence-electron chi connectivity index (χ4n) is 4.03. The Hall–Kier alpha value is -0.530. The van der Waals surface area contributed by atoms with Crippen LogP contribution in [-0.2, 0) is 4.79 Å². The van der Waals surface area contributed by atoms with E-state index >= 15 is 0 Å². The SMILES string of the molecule is CCCCCCCCCCC1(C(C)C(=O)O)CCCCC1. The number of unbranched alkanes of at least 4 members (excludes halogenated alkanes) is 7. The Morgan fingerprint density at radius 1 is 0.952 bits per heavy atom. The molecule has 0 radical (unpaired) electrons. The summed E-state index contributed by atoms with van der Waals surface area (Å²) in [4.78, 5) is 11.4. The number of aliphatic carboxylic acids is 1. The molecule has 2 nitrogen and oxygen atoms in total. The lowest BCUT2D eigenvalue weighted by molar-refractivity contribution is -0.147. The summed E-state index contributed by atoms with van der Waals surface area (Å²) in [5.74, 6) is -0.751. The standard InChI is InChI=1S/C19H36O2/c1-3-4-5-6-7-8-9-11-14-19(17(2)18(20)21)15-12-10-13-16-19/h17H,3-16H2,1-2H3,(H,20,21). The smallest absolute Gasteiger partial charge is 0.306 e. The molecule has 1 rings (SSSR count). The average molecular weight is 296 g/mol. The molecule has 0 spiro atoms. The molecule has 0 aliphatic heterocycles. The molecule has 124 valence electrons. The van der Waals surface area contributed by atoms with Gasteiger partial charge < -0.3 is 5.11 Å². The van der Waals surface area contributed by atoms with Gasteiger partial charge in [0.25, 0.3) is 0 Å². The van der Waals surface area contributed by atoms with E-state index in [2.05, 4.69) is 6.92 Å². The molecule has 0 aromatic carbocycles. The van der Waals surface area contributed by atoms with Gasteiger partial charge in [-0.05, 0) is 24.7 Å². The van der Waals surface area contributed by atoms with Crippen LogP contribution in [0.5, 0.6) is 0 Å². The number of carbonyl (C=O) groups is 1. The molecule has 0 aromatic rings. The van der Waals surface area contributed by atoms with Crippen LogP contribution < -0.4 is 0 Å². The molecule has 1 aliphatic rings. The van der Waals surface area contributed by atoms with Crippen molar-refractivity contribution in [2.24, 2.45) is 11.3 Å². The summed E-state index contributed by atoms with van der Waals surface area (Å²) in [6.07, 6.45) is 17.8. The molecule has 2 heteroatoms. The van der Waals surface area contributed by atoms with Crippen molar-refractivity contribution in [3.8, 4) is 0 Å². The van der Waals surface area contributed by atoms with Gasteiger partial charge in [0.2, 0.25) is 0 Å². The minimum Gasteiger partial charge on any atom is -0.481 e. The summed E-state index contributed by atoms with van der Waals surface area (Å²) in [5.41, 5.74) is 0.103. The van der Waals surface area contributed by atoms with E-state index in [4.69, 9.17) is 0 Å². The number of rotatable bonds is 11. The quantitative estimate of drug-likeness (QED) is 0.462. The minimum atomic E-state index is -0.587. The molecule has 0 aromatic heterocycles. The first-order valence-corrected chi connectivity index (χ1v) is 9.35. The van der Waals surface area contributed by atoms with Gasteiger partial charge in [-0.1, -0.05) is 84.5 Å². The lowest BCUT2D eigenvalue weighted by Gasteiger charge is -2.40. The molecule has 0 heterocycles. The van der Waals surface area contributed by atoms with Crippen LogP contribution in [0.1, 0.15) is 104 Å². The lowest BCUT2D eigenvalue weighted by atomic mass is 9.64. The Morgan fingerprint density at radius 2 is 1.48 bits per heavy atom. The first kappa shape index (κ1) is 18.5. The normalized spacial score (nSPS) is 19.3. The topological polar surface area (TPSA) is 37.3 Å². The third-order valence-corrected chi connectivity index (χ3v) is 5.67. The van der Waals surface area contributed by atoms with E-state index in [1.54, 1.807) is 0 Å². The van der Waals surface area contributed by atoms with Crippen LogP contribution in [0.15, 0.2) is 0 Å². The fraction of sp³-hybridized carbons (Fsp3) is 0.947. The number of carboxylic acids is 1. The Morgan fingerprint density at radius 3 is 2.00 bits per heavy atom. The van der Waals surface area contributed by atoms with Crippen molar-refractivity contribution in [2.45, 2.75) is 104 Å². The molecule has 1 fully saturated rings. The first-order valence-electron chi connectivity index (χ1n) is 9.35. The molecule has 21 heavy (non-hydrogen) atoms. The molecule has 1 saturated carbocycles. The maximum Gasteiger partial charge on any atom is 0.306 e. The highest BCUT2D eigenvalue weighted by Crippen LogP contribution is 2.46. The number of hydrogen-bond acceptors (Lipinski definition) is 1. The van der Waals surface area contributed by atoms with Crippen molar-refractivity contribution in [3.63, 3.8) is 0 Å². The zero-order chi connectivity index (χ0) is 15.6. The third-order valence-electron chi connectivity index (χ3n) is 5.67. The van der Waals surface area contributed by atoms with Gasteiger partial charge in [0.05, 0.1) is 5.92 Å². The average Bonchev–Trinajstić information content (AvgIpc) is 2.50. The zero-order valence-electron chi connectivity index (χ0n) is 14.3. The van der Waals surface area contributed by atoms with E-state index in [9.17, 15) is 9.90 Å². The molecule has 1 N–H and O–H groups in total. The van der Waals surface area contributed by atoms with Crippen molar-refractivity contribution in [1.29, 1.82) is 0 Å². The first-order chi connectivity index (χ1) is 10.1. The largest absolute Gasteiger partial charge is 0.481 e. The van der Waals surface area contributed by atoms with E-state index in [0.717, 1.165) is 19.3 Å². The molecule has 0 bridgehead atoms. The second kappa shape index (κ2) is 10.2. The summed E-state index contributed by atoms with van der Waals surface area (Å²) < 4.78 is 0. The molecule has 1 atom stereocenters. The Labute approximate surface area is 131 Å². The van der Waals surface area contributed by atoms with E-state index in [0.29, 0.717) is 0 Å². The van der Waals surface area contributed by atoms with Crippen LogP contribution in [0.4, 0.5) is 0 Å². The molecule has 0 amide bonds. The van der Waals surface area contributed by atoms with Crippen LogP contribution in [0.25, 0.3) is 0 Å². The van der Waals surface area contributed by atoms with Crippen molar-refractivity contribution >= 4 is 5.97 Å². The third kappa shape index (κ3) is 6.40. The van der Waals surface area contributed by atoms with Crippen molar-refractivity contribution in [1.82, 2.24) is 0 Å². The molecular formula is C19H36O2. The van der Waals surface area contributed by atoms with E-state index in [1.807, 2.05) is 6.92 Å². The van der Waals surface area contributed by atoms with Crippen LogP contribution in [0, 0.1) is 11.3 Å². The maximum atomic E-state index is 11.4. The second-order valence-electron chi connectivity index (χ2n) is 7.21. The predicted octanol–water partition coefficient (Wildman–Crippen LogP) is 6.19. The van der Waals surface area contributed by atoms with Gasteiger partial charge in [0.15, 0.2) is 0 Å². The summed E-state index contributed by atoms with van der Waals surface area (Å²) in [6, 6.07) is 0. The van der Waals surface area contributed by atoms with Crippen LogP contribution >= 0.6 is 0 Å². The number of hydrogen-bond donors (Lipinski definition) is 1. The molecular weight excluding hydrogens is 260 g/mol. The van der Waals surface area contributed by atoms with Gasteiger partial charge in [-0.2, -0.15) is 0 Å². The van der Waals surface area contributed by atoms with Gasteiger partial charge in [-0.3, -0.25) is 4.79 Å². The monoisotopic (exact) mass is 296 g/mol. The summed E-state index contributed by atoms with van der Waals surface area (Å²) >= 11 is 0. The molecule has 0 saturated heterocycles. The van der Waals surface area contributed by atoms with Crippen molar-refractivity contribution < 1.29 is 9.90 Å². The zero-order valence-corrected chi connectivity index (χ0v) is 14.3. The van der Waals surface area contributed by atoms with Gasteiger partial charge in [0.1, 0.15) is 0 Å². The maximum absolute atomic E-state index is 11.4. The highest BCUT2D eigenvalue weighted by molar-refractivity contribution is 5.70. The summed E-state index contributed by atoms with van der Waals surface area (Å²) in [6.45, 7) is 4.20. The van der Waals surface area contributed by atoms with Gasteiger partial charge in [-0.15, -0.1) is 0 Å². The molecule has 1 aliphatic carbocycles. The van der Waals surface area contributed by atoms with Gasteiger partial charge in [-0.25, -0.2) is 0 Å². The second-order valence-corrected chi connectivity index (χ2v) is 7.21.